The standard InChI is InChI=1S/C15H14BrClFNO2/c1-20-13-6-3-9(14(17)15(13)21-2)8-19-10-4-5-11(16)12(18)7-10/h3-7,19H,8H2,1-2H3. The Bertz CT molecular complexity index is 652. The summed E-state index contributed by atoms with van der Waals surface area (Å²) in [5, 5.41) is 3.59. The maximum Gasteiger partial charge on any atom is 0.179 e. The quantitative estimate of drug-likeness (QED) is 0.810. The summed E-state index contributed by atoms with van der Waals surface area (Å²) in [6.07, 6.45) is 0. The van der Waals surface area contributed by atoms with Crippen LogP contribution < -0.4 is 14.8 Å². The molecule has 0 spiro atoms. The first-order valence-corrected chi connectivity index (χ1v) is 7.32. The van der Waals surface area contributed by atoms with Crippen LogP contribution in [0.25, 0.3) is 0 Å². The van der Waals surface area contributed by atoms with E-state index in [0.717, 1.165) is 5.56 Å². The van der Waals surface area contributed by atoms with Crippen LogP contribution in [0.4, 0.5) is 10.1 Å². The molecule has 0 fully saturated rings. The highest BCUT2D eigenvalue weighted by Crippen LogP contribution is 2.37. The first kappa shape index (κ1) is 15.9. The van der Waals surface area contributed by atoms with Gasteiger partial charge in [0.15, 0.2) is 11.5 Å². The van der Waals surface area contributed by atoms with E-state index < -0.39 is 0 Å². The Morgan fingerprint density at radius 3 is 2.57 bits per heavy atom. The molecule has 2 rings (SSSR count). The first-order chi connectivity index (χ1) is 10.1. The Morgan fingerprint density at radius 1 is 1.19 bits per heavy atom. The Morgan fingerprint density at radius 2 is 1.95 bits per heavy atom. The summed E-state index contributed by atoms with van der Waals surface area (Å²) in [5.41, 5.74) is 1.50. The van der Waals surface area contributed by atoms with Crippen molar-refractivity contribution < 1.29 is 13.9 Å². The molecular formula is C15H14BrClFNO2. The number of hydrogen-bond donors (Lipinski definition) is 1. The minimum Gasteiger partial charge on any atom is -0.493 e. The first-order valence-electron chi connectivity index (χ1n) is 6.15. The zero-order valence-corrected chi connectivity index (χ0v) is 13.9. The molecule has 0 unspecified atom stereocenters. The molecule has 0 radical (unpaired) electrons. The molecule has 0 atom stereocenters. The summed E-state index contributed by atoms with van der Waals surface area (Å²) in [4.78, 5) is 0. The Hall–Kier alpha value is -1.46. The average Bonchev–Trinajstić information content (AvgIpc) is 2.49. The second kappa shape index (κ2) is 7.00. The summed E-state index contributed by atoms with van der Waals surface area (Å²) in [6.45, 7) is 0.445. The van der Waals surface area contributed by atoms with Crippen LogP contribution in [0.15, 0.2) is 34.8 Å². The molecule has 0 aliphatic rings. The van der Waals surface area contributed by atoms with Gasteiger partial charge in [-0.2, -0.15) is 0 Å². The van der Waals surface area contributed by atoms with Crippen LogP contribution in [-0.4, -0.2) is 14.2 Å². The van der Waals surface area contributed by atoms with Gasteiger partial charge in [0, 0.05) is 12.2 Å². The van der Waals surface area contributed by atoms with Crippen molar-refractivity contribution in [2.24, 2.45) is 0 Å². The van der Waals surface area contributed by atoms with Crippen molar-refractivity contribution in [3.63, 3.8) is 0 Å². The van der Waals surface area contributed by atoms with Gasteiger partial charge in [-0.3, -0.25) is 0 Å². The number of methoxy groups -OCH3 is 2. The van der Waals surface area contributed by atoms with Gasteiger partial charge < -0.3 is 14.8 Å². The van der Waals surface area contributed by atoms with Gasteiger partial charge in [-0.15, -0.1) is 0 Å². The maximum absolute atomic E-state index is 13.5. The van der Waals surface area contributed by atoms with Crippen LogP contribution in [0, 0.1) is 5.82 Å². The Labute approximate surface area is 136 Å². The molecule has 1 N–H and O–H groups in total. The zero-order chi connectivity index (χ0) is 15.4. The smallest absolute Gasteiger partial charge is 0.179 e. The highest BCUT2D eigenvalue weighted by Gasteiger charge is 2.13. The van der Waals surface area contributed by atoms with Gasteiger partial charge in [0.25, 0.3) is 0 Å². The Balaban J connectivity index is 2.18. The normalized spacial score (nSPS) is 10.3. The maximum atomic E-state index is 13.5. The predicted octanol–water partition coefficient (Wildman–Crippen LogP) is 4.87. The minimum absolute atomic E-state index is 0.321. The molecule has 0 amide bonds. The second-order valence-electron chi connectivity index (χ2n) is 4.26. The summed E-state index contributed by atoms with van der Waals surface area (Å²) in [5.74, 6) is 0.736. The second-order valence-corrected chi connectivity index (χ2v) is 5.49. The van der Waals surface area contributed by atoms with Crippen molar-refractivity contribution in [1.29, 1.82) is 0 Å². The lowest BCUT2D eigenvalue weighted by Gasteiger charge is -2.14. The number of benzene rings is 2. The van der Waals surface area contributed by atoms with Crippen molar-refractivity contribution >= 4 is 33.2 Å². The number of halogens is 3. The van der Waals surface area contributed by atoms with E-state index in [9.17, 15) is 4.39 Å². The van der Waals surface area contributed by atoms with E-state index in [1.54, 1.807) is 25.3 Å². The summed E-state index contributed by atoms with van der Waals surface area (Å²) in [7, 11) is 3.09. The molecule has 2 aromatic rings. The molecule has 3 nitrogen and oxygen atoms in total. The monoisotopic (exact) mass is 373 g/mol. The van der Waals surface area contributed by atoms with E-state index >= 15 is 0 Å². The zero-order valence-electron chi connectivity index (χ0n) is 11.5. The molecule has 112 valence electrons. The van der Waals surface area contributed by atoms with Crippen molar-refractivity contribution in [1.82, 2.24) is 0 Å². The molecule has 21 heavy (non-hydrogen) atoms. The largest absolute Gasteiger partial charge is 0.493 e. The van der Waals surface area contributed by atoms with Gasteiger partial charge in [0.2, 0.25) is 0 Å². The number of anilines is 1. The van der Waals surface area contributed by atoms with Crippen molar-refractivity contribution in [2.45, 2.75) is 6.54 Å². The van der Waals surface area contributed by atoms with Crippen LogP contribution >= 0.6 is 27.5 Å². The molecule has 0 saturated carbocycles. The fraction of sp³-hybridized carbons (Fsp3) is 0.200. The lowest BCUT2D eigenvalue weighted by atomic mass is 10.2. The molecular weight excluding hydrogens is 361 g/mol. The van der Waals surface area contributed by atoms with Crippen molar-refractivity contribution in [3.8, 4) is 11.5 Å². The molecule has 0 aliphatic heterocycles. The van der Waals surface area contributed by atoms with Crippen LogP contribution in [0.1, 0.15) is 5.56 Å². The molecule has 0 heterocycles. The van der Waals surface area contributed by atoms with Gasteiger partial charge in [-0.05, 0) is 45.8 Å². The number of nitrogens with one attached hydrogen (secondary N) is 1. The molecule has 0 saturated heterocycles. The minimum atomic E-state index is -0.321. The third kappa shape index (κ3) is 3.60. The highest BCUT2D eigenvalue weighted by atomic mass is 79.9. The fourth-order valence-corrected chi connectivity index (χ4v) is 2.42. The SMILES string of the molecule is COc1ccc(CNc2ccc(Br)c(F)c2)c(Cl)c1OC. The Kier molecular flexibility index (Phi) is 5.31. The number of ether oxygens (including phenoxy) is 2. The van der Waals surface area contributed by atoms with Gasteiger partial charge in [-0.25, -0.2) is 4.39 Å². The third-order valence-electron chi connectivity index (χ3n) is 2.97. The summed E-state index contributed by atoms with van der Waals surface area (Å²) >= 11 is 9.41. The van der Waals surface area contributed by atoms with Gasteiger partial charge in [0.05, 0.1) is 23.7 Å². The van der Waals surface area contributed by atoms with Crippen LogP contribution in [-0.2, 0) is 6.54 Å². The van der Waals surface area contributed by atoms with Crippen LogP contribution in [0.5, 0.6) is 11.5 Å². The summed E-state index contributed by atoms with van der Waals surface area (Å²) in [6, 6.07) is 8.46. The van der Waals surface area contributed by atoms with E-state index in [1.807, 2.05) is 6.07 Å². The highest BCUT2D eigenvalue weighted by molar-refractivity contribution is 9.10. The van der Waals surface area contributed by atoms with Crippen LogP contribution in [0.3, 0.4) is 0 Å². The number of rotatable bonds is 5. The predicted molar refractivity (Wildman–Crippen MR) is 86.0 cm³/mol. The van der Waals surface area contributed by atoms with Gasteiger partial charge in [-0.1, -0.05) is 17.7 Å². The topological polar surface area (TPSA) is 30.5 Å². The van der Waals surface area contributed by atoms with E-state index in [1.165, 1.54) is 13.2 Å². The third-order valence-corrected chi connectivity index (χ3v) is 4.03. The molecule has 0 aromatic heterocycles. The average molecular weight is 375 g/mol. The molecule has 6 heteroatoms. The fourth-order valence-electron chi connectivity index (χ4n) is 1.87. The van der Waals surface area contributed by atoms with Crippen LogP contribution in [0.2, 0.25) is 5.02 Å². The lowest BCUT2D eigenvalue weighted by molar-refractivity contribution is 0.355. The van der Waals surface area contributed by atoms with Crippen molar-refractivity contribution in [2.75, 3.05) is 19.5 Å². The summed E-state index contributed by atoms with van der Waals surface area (Å²) < 4.78 is 24.3. The van der Waals surface area contributed by atoms with E-state index in [2.05, 4.69) is 21.2 Å². The van der Waals surface area contributed by atoms with E-state index in [-0.39, 0.29) is 5.82 Å². The van der Waals surface area contributed by atoms with Gasteiger partial charge >= 0.3 is 0 Å². The molecule has 0 aliphatic carbocycles. The van der Waals surface area contributed by atoms with E-state index in [0.29, 0.717) is 33.2 Å². The van der Waals surface area contributed by atoms with Crippen molar-refractivity contribution in [3.05, 3.63) is 51.2 Å². The lowest BCUT2D eigenvalue weighted by Crippen LogP contribution is -2.02. The van der Waals surface area contributed by atoms with Gasteiger partial charge in [0.1, 0.15) is 5.82 Å². The molecule has 2 aromatic carbocycles. The van der Waals surface area contributed by atoms with E-state index in [4.69, 9.17) is 21.1 Å². The molecule has 0 bridgehead atoms. The number of hydrogen-bond acceptors (Lipinski definition) is 3.